The third-order valence-electron chi connectivity index (χ3n) is 1.26. The number of aromatic nitrogens is 2. The Bertz CT molecular complexity index is 245. The van der Waals surface area contributed by atoms with Gasteiger partial charge in [-0.25, -0.2) is 0 Å². The molecule has 0 aromatic carbocycles. The van der Waals surface area contributed by atoms with E-state index in [9.17, 15) is 4.79 Å². The molecule has 12 heavy (non-hydrogen) atoms. The first kappa shape index (κ1) is 9.12. The molecule has 1 N–H and O–H groups in total. The minimum atomic E-state index is -0.0845. The normalized spacial score (nSPS) is 10.2. The zero-order valence-electron chi connectivity index (χ0n) is 7.07. The van der Waals surface area contributed by atoms with Crippen LogP contribution < -0.4 is 5.32 Å². The molecule has 0 bridgehead atoms. The quantitative estimate of drug-likeness (QED) is 0.762. The van der Waals surface area contributed by atoms with Gasteiger partial charge in [0.15, 0.2) is 0 Å². The molecule has 1 rings (SSSR count). The van der Waals surface area contributed by atoms with Crippen LogP contribution in [-0.2, 0) is 0 Å². The molecule has 0 radical (unpaired) electrons. The lowest BCUT2D eigenvalue weighted by Gasteiger charge is -2.04. The topological polar surface area (TPSA) is 54.9 Å². The van der Waals surface area contributed by atoms with Gasteiger partial charge in [-0.15, -0.1) is 5.10 Å². The predicted molar refractivity (Wildman–Crippen MR) is 47.1 cm³/mol. The van der Waals surface area contributed by atoms with Crippen LogP contribution in [-0.4, -0.2) is 22.0 Å². The second-order valence-corrected chi connectivity index (χ2v) is 3.67. The molecule has 1 heterocycles. The summed E-state index contributed by atoms with van der Waals surface area (Å²) in [4.78, 5) is 11.8. The molecule has 1 aromatic heterocycles. The van der Waals surface area contributed by atoms with Gasteiger partial charge < -0.3 is 5.32 Å². The summed E-state index contributed by atoms with van der Waals surface area (Å²) < 4.78 is 3.60. The lowest BCUT2D eigenvalue weighted by Crippen LogP contribution is -2.26. The molecule has 0 saturated heterocycles. The van der Waals surface area contributed by atoms with Crippen molar-refractivity contribution in [3.05, 3.63) is 11.1 Å². The van der Waals surface area contributed by atoms with Crippen LogP contribution in [0.1, 0.15) is 23.5 Å². The summed E-state index contributed by atoms with van der Waals surface area (Å²) in [5.41, 5.74) is 0. The second kappa shape index (κ2) is 4.15. The van der Waals surface area contributed by atoms with E-state index in [1.54, 1.807) is 0 Å². The maximum Gasteiger partial charge on any atom is 0.264 e. The minimum Gasteiger partial charge on any atom is -0.351 e. The van der Waals surface area contributed by atoms with E-state index in [1.807, 2.05) is 13.8 Å². The fourth-order valence-electron chi connectivity index (χ4n) is 0.651. The van der Waals surface area contributed by atoms with Crippen LogP contribution in [0.4, 0.5) is 0 Å². The Morgan fingerprint density at radius 1 is 1.75 bits per heavy atom. The van der Waals surface area contributed by atoms with Gasteiger partial charge in [0, 0.05) is 6.54 Å². The van der Waals surface area contributed by atoms with Crippen molar-refractivity contribution < 1.29 is 4.79 Å². The largest absolute Gasteiger partial charge is 0.351 e. The molecule has 4 nitrogen and oxygen atoms in total. The highest BCUT2D eigenvalue weighted by Crippen LogP contribution is 2.01. The van der Waals surface area contributed by atoms with Gasteiger partial charge in [-0.05, 0) is 17.5 Å². The average Bonchev–Trinajstić information content (AvgIpc) is 2.51. The number of nitrogens with one attached hydrogen (secondary N) is 1. The zero-order chi connectivity index (χ0) is 8.97. The number of carbonyl (C=O) groups is 1. The Labute approximate surface area is 75.2 Å². The van der Waals surface area contributed by atoms with Crippen molar-refractivity contribution >= 4 is 17.4 Å². The van der Waals surface area contributed by atoms with E-state index in [4.69, 9.17) is 0 Å². The second-order valence-electron chi connectivity index (χ2n) is 2.89. The fourth-order valence-corrected chi connectivity index (χ4v) is 1.08. The van der Waals surface area contributed by atoms with Gasteiger partial charge in [-0.3, -0.25) is 4.79 Å². The number of nitrogens with zero attached hydrogens (tertiary/aromatic N) is 2. The van der Waals surface area contributed by atoms with Crippen molar-refractivity contribution in [2.24, 2.45) is 5.92 Å². The van der Waals surface area contributed by atoms with Crippen molar-refractivity contribution in [3.8, 4) is 0 Å². The van der Waals surface area contributed by atoms with E-state index >= 15 is 0 Å². The standard InChI is InChI=1S/C7H11N3OS/c1-5(2)3-8-7(11)6-4-9-10-12-6/h4-5H,3H2,1-2H3,(H,8,11). The highest BCUT2D eigenvalue weighted by atomic mass is 32.1. The van der Waals surface area contributed by atoms with Gasteiger partial charge in [0.25, 0.3) is 5.91 Å². The first-order valence-corrected chi connectivity index (χ1v) is 4.53. The number of rotatable bonds is 3. The van der Waals surface area contributed by atoms with Crippen molar-refractivity contribution in [2.75, 3.05) is 6.54 Å². The molecule has 1 amide bonds. The zero-order valence-corrected chi connectivity index (χ0v) is 7.89. The molecule has 0 aliphatic rings. The summed E-state index contributed by atoms with van der Waals surface area (Å²) >= 11 is 1.11. The van der Waals surface area contributed by atoms with Gasteiger partial charge in [0.1, 0.15) is 4.88 Å². The maximum absolute atomic E-state index is 11.2. The maximum atomic E-state index is 11.2. The van der Waals surface area contributed by atoms with E-state index < -0.39 is 0 Å². The third-order valence-corrected chi connectivity index (χ3v) is 1.92. The molecule has 0 fully saturated rings. The molecule has 66 valence electrons. The lowest BCUT2D eigenvalue weighted by atomic mass is 10.2. The molecule has 0 unspecified atom stereocenters. The van der Waals surface area contributed by atoms with Gasteiger partial charge >= 0.3 is 0 Å². The average molecular weight is 185 g/mol. The molecular weight excluding hydrogens is 174 g/mol. The lowest BCUT2D eigenvalue weighted by molar-refractivity contribution is 0.0953. The molecule has 0 aliphatic carbocycles. The van der Waals surface area contributed by atoms with E-state index in [-0.39, 0.29) is 5.91 Å². The third kappa shape index (κ3) is 2.58. The monoisotopic (exact) mass is 185 g/mol. The predicted octanol–water partition coefficient (Wildman–Crippen LogP) is 0.924. The molecule has 0 atom stereocenters. The number of amides is 1. The smallest absolute Gasteiger partial charge is 0.264 e. The van der Waals surface area contributed by atoms with Crippen LogP contribution in [0.3, 0.4) is 0 Å². The highest BCUT2D eigenvalue weighted by molar-refractivity contribution is 7.07. The van der Waals surface area contributed by atoms with Crippen molar-refractivity contribution in [3.63, 3.8) is 0 Å². The van der Waals surface area contributed by atoms with Crippen LogP contribution in [0.15, 0.2) is 6.20 Å². The minimum absolute atomic E-state index is 0.0845. The summed E-state index contributed by atoms with van der Waals surface area (Å²) in [6, 6.07) is 0. The Kier molecular flexibility index (Phi) is 3.16. The summed E-state index contributed by atoms with van der Waals surface area (Å²) in [7, 11) is 0. The van der Waals surface area contributed by atoms with Crippen LogP contribution in [0.25, 0.3) is 0 Å². The highest BCUT2D eigenvalue weighted by Gasteiger charge is 2.07. The van der Waals surface area contributed by atoms with E-state index in [0.29, 0.717) is 17.3 Å². The van der Waals surface area contributed by atoms with Crippen LogP contribution in [0, 0.1) is 5.92 Å². The van der Waals surface area contributed by atoms with Crippen molar-refractivity contribution in [1.82, 2.24) is 14.9 Å². The van der Waals surface area contributed by atoms with E-state index in [1.165, 1.54) is 6.20 Å². The Morgan fingerprint density at radius 3 is 3.00 bits per heavy atom. The molecule has 0 saturated carbocycles. The Balaban J connectivity index is 2.40. The van der Waals surface area contributed by atoms with Crippen LogP contribution >= 0.6 is 11.5 Å². The van der Waals surface area contributed by atoms with Gasteiger partial charge in [-0.2, -0.15) is 0 Å². The molecule has 0 spiro atoms. The van der Waals surface area contributed by atoms with E-state index in [0.717, 1.165) is 11.5 Å². The van der Waals surface area contributed by atoms with Crippen LogP contribution in [0.2, 0.25) is 0 Å². The summed E-state index contributed by atoms with van der Waals surface area (Å²) in [5.74, 6) is 0.383. The number of carbonyl (C=O) groups excluding carboxylic acids is 1. The van der Waals surface area contributed by atoms with Gasteiger partial charge in [0.05, 0.1) is 6.20 Å². The van der Waals surface area contributed by atoms with Crippen LogP contribution in [0.5, 0.6) is 0 Å². The SMILES string of the molecule is CC(C)CNC(=O)c1cnns1. The first-order chi connectivity index (χ1) is 5.70. The Morgan fingerprint density at radius 2 is 2.50 bits per heavy atom. The van der Waals surface area contributed by atoms with Gasteiger partial charge in [-0.1, -0.05) is 18.3 Å². The Hall–Kier alpha value is -0.970. The fraction of sp³-hybridized carbons (Fsp3) is 0.571. The summed E-state index contributed by atoms with van der Waals surface area (Å²) in [6.45, 7) is 4.78. The van der Waals surface area contributed by atoms with E-state index in [2.05, 4.69) is 14.9 Å². The number of hydrogen-bond acceptors (Lipinski definition) is 4. The van der Waals surface area contributed by atoms with Crippen molar-refractivity contribution in [1.29, 1.82) is 0 Å². The first-order valence-electron chi connectivity index (χ1n) is 3.75. The molecular formula is C7H11N3OS. The summed E-state index contributed by atoms with van der Waals surface area (Å²) in [6.07, 6.45) is 1.47. The van der Waals surface area contributed by atoms with Gasteiger partial charge in [0.2, 0.25) is 0 Å². The van der Waals surface area contributed by atoms with Crippen molar-refractivity contribution in [2.45, 2.75) is 13.8 Å². The summed E-state index contributed by atoms with van der Waals surface area (Å²) in [5, 5.41) is 6.35. The number of hydrogen-bond donors (Lipinski definition) is 1. The molecule has 5 heteroatoms. The molecule has 0 aliphatic heterocycles. The molecule has 1 aromatic rings.